The predicted octanol–water partition coefficient (Wildman–Crippen LogP) is 0.558. The number of furan rings is 1. The van der Waals surface area contributed by atoms with E-state index in [4.69, 9.17) is 9.15 Å². The number of hydrogen-bond acceptors (Lipinski definition) is 5. The zero-order chi connectivity index (χ0) is 16.4. The van der Waals surface area contributed by atoms with E-state index in [0.29, 0.717) is 26.2 Å². The second-order valence-corrected chi connectivity index (χ2v) is 5.97. The Morgan fingerprint density at radius 1 is 1.35 bits per heavy atom. The zero-order valence-electron chi connectivity index (χ0n) is 13.1. The van der Waals surface area contributed by atoms with Gasteiger partial charge in [-0.05, 0) is 25.0 Å². The largest absolute Gasteiger partial charge is 0.461 e. The summed E-state index contributed by atoms with van der Waals surface area (Å²) in [5.41, 5.74) is 0. The SMILES string of the molecule is COCCN1C(=O)[C@@H]2CC[C@H]1CN(C(=O)C(=O)c1ccco1)C2. The molecule has 3 saturated heterocycles. The summed E-state index contributed by atoms with van der Waals surface area (Å²) in [6, 6.07) is 3.00. The number of piperidine rings is 1. The molecule has 0 saturated carbocycles. The normalized spacial score (nSPS) is 24.0. The van der Waals surface area contributed by atoms with E-state index in [2.05, 4.69) is 0 Å². The highest BCUT2D eigenvalue weighted by molar-refractivity contribution is 6.42. The fourth-order valence-corrected chi connectivity index (χ4v) is 3.35. The van der Waals surface area contributed by atoms with Crippen molar-refractivity contribution in [1.82, 2.24) is 9.80 Å². The van der Waals surface area contributed by atoms with Crippen LogP contribution >= 0.6 is 0 Å². The summed E-state index contributed by atoms with van der Waals surface area (Å²) in [7, 11) is 1.60. The molecule has 0 unspecified atom stereocenters. The number of ether oxygens (including phenoxy) is 1. The average molecular weight is 320 g/mol. The van der Waals surface area contributed by atoms with Crippen LogP contribution in [0.2, 0.25) is 0 Å². The molecule has 0 aromatic carbocycles. The van der Waals surface area contributed by atoms with Crippen LogP contribution in [-0.2, 0) is 14.3 Å². The molecule has 0 aliphatic carbocycles. The minimum Gasteiger partial charge on any atom is -0.461 e. The number of carbonyl (C=O) groups excluding carboxylic acids is 3. The minimum absolute atomic E-state index is 0.0363. The number of amides is 2. The standard InChI is InChI=1S/C16H20N2O5/c1-22-8-6-18-12-5-4-11(15(18)20)9-17(10-12)16(21)14(19)13-3-2-7-23-13/h2-3,7,11-12H,4-6,8-10H2,1H3/t11-,12+/m1/s1. The molecular formula is C16H20N2O5. The first-order valence-electron chi connectivity index (χ1n) is 7.78. The first-order chi connectivity index (χ1) is 11.1. The van der Waals surface area contributed by atoms with Crippen LogP contribution in [0.15, 0.2) is 22.8 Å². The molecule has 23 heavy (non-hydrogen) atoms. The molecule has 0 N–H and O–H groups in total. The highest BCUT2D eigenvalue weighted by Gasteiger charge is 2.42. The summed E-state index contributed by atoms with van der Waals surface area (Å²) in [5, 5.41) is 0. The molecule has 3 fully saturated rings. The summed E-state index contributed by atoms with van der Waals surface area (Å²) in [4.78, 5) is 40.4. The Morgan fingerprint density at radius 2 is 2.17 bits per heavy atom. The van der Waals surface area contributed by atoms with Crippen molar-refractivity contribution in [2.24, 2.45) is 5.92 Å². The number of fused-ring (bicyclic) bond motifs is 4. The molecule has 0 spiro atoms. The van der Waals surface area contributed by atoms with Gasteiger partial charge in [0.1, 0.15) is 0 Å². The van der Waals surface area contributed by atoms with Crippen molar-refractivity contribution >= 4 is 17.6 Å². The molecule has 2 amide bonds. The van der Waals surface area contributed by atoms with Gasteiger partial charge >= 0.3 is 0 Å². The van der Waals surface area contributed by atoms with Crippen LogP contribution in [0.1, 0.15) is 23.4 Å². The van der Waals surface area contributed by atoms with Crippen LogP contribution in [0.4, 0.5) is 0 Å². The maximum atomic E-state index is 12.5. The Hall–Kier alpha value is -2.15. The number of nitrogens with zero attached hydrogens (tertiary/aromatic N) is 2. The lowest BCUT2D eigenvalue weighted by molar-refractivity contribution is -0.140. The highest BCUT2D eigenvalue weighted by atomic mass is 16.5. The van der Waals surface area contributed by atoms with Gasteiger partial charge in [0.05, 0.1) is 18.8 Å². The molecular weight excluding hydrogens is 300 g/mol. The molecule has 4 heterocycles. The first kappa shape index (κ1) is 15.7. The molecule has 7 nitrogen and oxygen atoms in total. The summed E-state index contributed by atoms with van der Waals surface area (Å²) in [6.07, 6.45) is 2.97. The number of ketones is 1. The predicted molar refractivity (Wildman–Crippen MR) is 79.7 cm³/mol. The van der Waals surface area contributed by atoms with E-state index in [1.54, 1.807) is 18.1 Å². The van der Waals surface area contributed by atoms with Gasteiger partial charge in [0, 0.05) is 32.8 Å². The van der Waals surface area contributed by atoms with Crippen molar-refractivity contribution in [3.05, 3.63) is 24.2 Å². The topological polar surface area (TPSA) is 80.1 Å². The smallest absolute Gasteiger partial charge is 0.298 e. The number of Topliss-reactive ketones (excluding diaryl/α,β-unsaturated/α-hetero) is 1. The maximum absolute atomic E-state index is 12.5. The third-order valence-electron chi connectivity index (χ3n) is 4.56. The van der Waals surface area contributed by atoms with Gasteiger partial charge in [-0.1, -0.05) is 0 Å². The Labute approximate surface area is 134 Å². The van der Waals surface area contributed by atoms with Crippen molar-refractivity contribution in [2.75, 3.05) is 33.4 Å². The fourth-order valence-electron chi connectivity index (χ4n) is 3.35. The number of hydrogen-bond donors (Lipinski definition) is 0. The second kappa shape index (κ2) is 6.54. The van der Waals surface area contributed by atoms with Crippen molar-refractivity contribution in [2.45, 2.75) is 18.9 Å². The minimum atomic E-state index is -0.660. The van der Waals surface area contributed by atoms with Crippen molar-refractivity contribution in [3.63, 3.8) is 0 Å². The molecule has 2 atom stereocenters. The van der Waals surface area contributed by atoms with Crippen LogP contribution in [0.5, 0.6) is 0 Å². The van der Waals surface area contributed by atoms with Crippen LogP contribution in [0, 0.1) is 5.92 Å². The number of rotatable bonds is 5. The van der Waals surface area contributed by atoms with E-state index in [-0.39, 0.29) is 23.6 Å². The van der Waals surface area contributed by atoms with E-state index in [9.17, 15) is 14.4 Å². The van der Waals surface area contributed by atoms with Gasteiger partial charge in [0.15, 0.2) is 5.76 Å². The van der Waals surface area contributed by atoms with Gasteiger partial charge in [-0.25, -0.2) is 0 Å². The number of methoxy groups -OCH3 is 1. The quantitative estimate of drug-likeness (QED) is 0.585. The van der Waals surface area contributed by atoms with Gasteiger partial charge in [0.25, 0.3) is 11.7 Å². The second-order valence-electron chi connectivity index (χ2n) is 5.97. The van der Waals surface area contributed by atoms with Crippen LogP contribution < -0.4 is 0 Å². The molecule has 1 aromatic rings. The third-order valence-corrected chi connectivity index (χ3v) is 4.56. The molecule has 2 bridgehead atoms. The molecule has 3 aliphatic rings. The monoisotopic (exact) mass is 320 g/mol. The first-order valence-corrected chi connectivity index (χ1v) is 7.78. The summed E-state index contributed by atoms with van der Waals surface area (Å²) in [5.74, 6) is -1.41. The van der Waals surface area contributed by atoms with Crippen LogP contribution in [-0.4, -0.2) is 66.8 Å². The molecule has 3 aliphatic heterocycles. The lowest BCUT2D eigenvalue weighted by Gasteiger charge is -2.35. The van der Waals surface area contributed by atoms with Crippen LogP contribution in [0.3, 0.4) is 0 Å². The van der Waals surface area contributed by atoms with E-state index in [1.807, 2.05) is 0 Å². The lowest BCUT2D eigenvalue weighted by Crippen LogP contribution is -2.49. The highest BCUT2D eigenvalue weighted by Crippen LogP contribution is 2.29. The summed E-state index contributed by atoms with van der Waals surface area (Å²) in [6.45, 7) is 1.67. The Morgan fingerprint density at radius 3 is 2.87 bits per heavy atom. The lowest BCUT2D eigenvalue weighted by atomic mass is 9.94. The van der Waals surface area contributed by atoms with Gasteiger partial charge in [-0.3, -0.25) is 14.4 Å². The van der Waals surface area contributed by atoms with E-state index in [1.165, 1.54) is 17.2 Å². The van der Waals surface area contributed by atoms with Crippen molar-refractivity contribution < 1.29 is 23.5 Å². The fraction of sp³-hybridized carbons (Fsp3) is 0.562. The summed E-state index contributed by atoms with van der Waals surface area (Å²) >= 11 is 0. The van der Waals surface area contributed by atoms with Crippen molar-refractivity contribution in [3.8, 4) is 0 Å². The molecule has 124 valence electrons. The van der Waals surface area contributed by atoms with Gasteiger partial charge in [-0.2, -0.15) is 0 Å². The Balaban J connectivity index is 1.75. The van der Waals surface area contributed by atoms with E-state index >= 15 is 0 Å². The third kappa shape index (κ3) is 3.01. The van der Waals surface area contributed by atoms with E-state index < -0.39 is 11.7 Å². The Kier molecular flexibility index (Phi) is 4.47. The van der Waals surface area contributed by atoms with Gasteiger partial charge in [-0.15, -0.1) is 0 Å². The summed E-state index contributed by atoms with van der Waals surface area (Å²) < 4.78 is 10.1. The molecule has 0 radical (unpaired) electrons. The molecule has 4 rings (SSSR count). The number of carbonyl (C=O) groups is 3. The zero-order valence-corrected chi connectivity index (χ0v) is 13.1. The van der Waals surface area contributed by atoms with E-state index in [0.717, 1.165) is 12.8 Å². The van der Waals surface area contributed by atoms with Crippen molar-refractivity contribution in [1.29, 1.82) is 0 Å². The van der Waals surface area contributed by atoms with Crippen LogP contribution in [0.25, 0.3) is 0 Å². The molecule has 7 heteroatoms. The van der Waals surface area contributed by atoms with Gasteiger partial charge in [0.2, 0.25) is 5.91 Å². The Bertz CT molecular complexity index is 598. The molecule has 1 aromatic heterocycles. The van der Waals surface area contributed by atoms with Gasteiger partial charge < -0.3 is 19.0 Å². The average Bonchev–Trinajstić information content (AvgIpc) is 2.96. The maximum Gasteiger partial charge on any atom is 0.298 e.